The summed E-state index contributed by atoms with van der Waals surface area (Å²) in [5.41, 5.74) is 1.12. The summed E-state index contributed by atoms with van der Waals surface area (Å²) in [5, 5.41) is 3.52. The SMILES string of the molecule is CCCC(COC)NCc1cc(OC)c2c(c1)OCCO2. The van der Waals surface area contributed by atoms with Gasteiger partial charge in [0, 0.05) is 19.7 Å². The Morgan fingerprint density at radius 1 is 1.24 bits per heavy atom. The van der Waals surface area contributed by atoms with E-state index in [9.17, 15) is 0 Å². The Morgan fingerprint density at radius 3 is 2.76 bits per heavy atom. The second kappa shape index (κ2) is 8.10. The molecule has 1 heterocycles. The van der Waals surface area contributed by atoms with Gasteiger partial charge in [-0.05, 0) is 24.1 Å². The molecule has 1 aromatic rings. The van der Waals surface area contributed by atoms with E-state index < -0.39 is 0 Å². The van der Waals surface area contributed by atoms with E-state index >= 15 is 0 Å². The molecule has 1 aliphatic rings. The van der Waals surface area contributed by atoms with Gasteiger partial charge in [-0.2, -0.15) is 0 Å². The quantitative estimate of drug-likeness (QED) is 0.798. The molecule has 1 aromatic carbocycles. The van der Waals surface area contributed by atoms with E-state index in [1.807, 2.05) is 12.1 Å². The molecule has 0 spiro atoms. The molecule has 5 heteroatoms. The number of ether oxygens (including phenoxy) is 4. The fourth-order valence-electron chi connectivity index (χ4n) is 2.49. The van der Waals surface area contributed by atoms with Crippen LogP contribution in [-0.2, 0) is 11.3 Å². The van der Waals surface area contributed by atoms with Crippen molar-refractivity contribution in [2.24, 2.45) is 0 Å². The highest BCUT2D eigenvalue weighted by Gasteiger charge is 2.18. The number of hydrogen-bond acceptors (Lipinski definition) is 5. The lowest BCUT2D eigenvalue weighted by Crippen LogP contribution is -2.32. The fraction of sp³-hybridized carbons (Fsp3) is 0.625. The van der Waals surface area contributed by atoms with Gasteiger partial charge in [-0.1, -0.05) is 13.3 Å². The van der Waals surface area contributed by atoms with Crippen molar-refractivity contribution in [1.29, 1.82) is 0 Å². The first-order valence-electron chi connectivity index (χ1n) is 7.47. The summed E-state index contributed by atoms with van der Waals surface area (Å²) in [4.78, 5) is 0. The van der Waals surface area contributed by atoms with Gasteiger partial charge in [0.15, 0.2) is 11.5 Å². The number of rotatable bonds is 8. The molecule has 0 fully saturated rings. The van der Waals surface area contributed by atoms with Crippen molar-refractivity contribution in [2.75, 3.05) is 34.0 Å². The van der Waals surface area contributed by atoms with Crippen LogP contribution < -0.4 is 19.5 Å². The van der Waals surface area contributed by atoms with Crippen molar-refractivity contribution in [3.8, 4) is 17.2 Å². The molecule has 0 saturated heterocycles. The third kappa shape index (κ3) is 4.25. The molecule has 118 valence electrons. The summed E-state index contributed by atoms with van der Waals surface area (Å²) >= 11 is 0. The summed E-state index contributed by atoms with van der Waals surface area (Å²) in [6.07, 6.45) is 2.22. The van der Waals surface area contributed by atoms with Crippen molar-refractivity contribution >= 4 is 0 Å². The van der Waals surface area contributed by atoms with Gasteiger partial charge >= 0.3 is 0 Å². The molecule has 1 N–H and O–H groups in total. The van der Waals surface area contributed by atoms with Crippen molar-refractivity contribution in [2.45, 2.75) is 32.4 Å². The summed E-state index contributed by atoms with van der Waals surface area (Å²) in [6.45, 7) is 4.79. The van der Waals surface area contributed by atoms with Crippen LogP contribution in [0.15, 0.2) is 12.1 Å². The van der Waals surface area contributed by atoms with Gasteiger partial charge < -0.3 is 24.3 Å². The Labute approximate surface area is 126 Å². The maximum atomic E-state index is 5.65. The minimum atomic E-state index is 0.360. The highest BCUT2D eigenvalue weighted by atomic mass is 16.6. The van der Waals surface area contributed by atoms with Crippen LogP contribution >= 0.6 is 0 Å². The Hall–Kier alpha value is -1.46. The van der Waals surface area contributed by atoms with Crippen LogP contribution in [0.1, 0.15) is 25.3 Å². The molecule has 1 unspecified atom stereocenters. The molecule has 21 heavy (non-hydrogen) atoms. The van der Waals surface area contributed by atoms with Gasteiger partial charge in [0.25, 0.3) is 0 Å². The summed E-state index contributed by atoms with van der Waals surface area (Å²) in [7, 11) is 3.38. The molecular weight excluding hydrogens is 270 g/mol. The average molecular weight is 295 g/mol. The smallest absolute Gasteiger partial charge is 0.203 e. The molecule has 1 atom stereocenters. The molecule has 0 amide bonds. The third-order valence-corrected chi connectivity index (χ3v) is 3.49. The molecule has 0 aromatic heterocycles. The van der Waals surface area contributed by atoms with Crippen molar-refractivity contribution in [3.63, 3.8) is 0 Å². The summed E-state index contributed by atoms with van der Waals surface area (Å²) < 4.78 is 21.9. The molecule has 0 saturated carbocycles. The Balaban J connectivity index is 2.05. The molecule has 5 nitrogen and oxygen atoms in total. The van der Waals surface area contributed by atoms with Crippen LogP contribution in [0.25, 0.3) is 0 Å². The first kappa shape index (κ1) is 15.9. The minimum Gasteiger partial charge on any atom is -0.493 e. The molecule has 0 radical (unpaired) electrons. The number of fused-ring (bicyclic) bond motifs is 1. The van der Waals surface area contributed by atoms with Crippen LogP contribution in [0.2, 0.25) is 0 Å². The molecule has 0 bridgehead atoms. The maximum absolute atomic E-state index is 5.65. The zero-order chi connectivity index (χ0) is 15.1. The maximum Gasteiger partial charge on any atom is 0.203 e. The summed E-state index contributed by atoms with van der Waals surface area (Å²) in [5.74, 6) is 2.19. The first-order chi connectivity index (χ1) is 10.3. The lowest BCUT2D eigenvalue weighted by molar-refractivity contribution is 0.160. The van der Waals surface area contributed by atoms with Gasteiger partial charge in [0.05, 0.1) is 13.7 Å². The van der Waals surface area contributed by atoms with E-state index in [-0.39, 0.29) is 0 Å². The Bertz CT molecular complexity index is 427. The number of methoxy groups -OCH3 is 2. The molecular formula is C16H25NO4. The van der Waals surface area contributed by atoms with E-state index in [1.165, 1.54) is 0 Å². The topological polar surface area (TPSA) is 49.0 Å². The highest BCUT2D eigenvalue weighted by molar-refractivity contribution is 5.54. The average Bonchev–Trinajstić information content (AvgIpc) is 2.52. The predicted molar refractivity (Wildman–Crippen MR) is 81.4 cm³/mol. The van der Waals surface area contributed by atoms with Crippen LogP contribution in [0.4, 0.5) is 0 Å². The minimum absolute atomic E-state index is 0.360. The zero-order valence-electron chi connectivity index (χ0n) is 13.1. The molecule has 2 rings (SSSR count). The van der Waals surface area contributed by atoms with Gasteiger partial charge in [-0.3, -0.25) is 0 Å². The van der Waals surface area contributed by atoms with Crippen LogP contribution in [-0.4, -0.2) is 40.1 Å². The monoisotopic (exact) mass is 295 g/mol. The Kier molecular flexibility index (Phi) is 6.14. The normalized spacial score (nSPS) is 14.8. The second-order valence-electron chi connectivity index (χ2n) is 5.14. The van der Waals surface area contributed by atoms with Crippen molar-refractivity contribution in [1.82, 2.24) is 5.32 Å². The number of nitrogens with one attached hydrogen (secondary N) is 1. The first-order valence-corrected chi connectivity index (χ1v) is 7.47. The van der Waals surface area contributed by atoms with Crippen molar-refractivity contribution < 1.29 is 18.9 Å². The Morgan fingerprint density at radius 2 is 2.05 bits per heavy atom. The van der Waals surface area contributed by atoms with Crippen molar-refractivity contribution in [3.05, 3.63) is 17.7 Å². The fourth-order valence-corrected chi connectivity index (χ4v) is 2.49. The zero-order valence-corrected chi connectivity index (χ0v) is 13.1. The van der Waals surface area contributed by atoms with Gasteiger partial charge in [0.1, 0.15) is 13.2 Å². The lowest BCUT2D eigenvalue weighted by Gasteiger charge is -2.22. The number of hydrogen-bond donors (Lipinski definition) is 1. The molecule has 1 aliphatic heterocycles. The van der Waals surface area contributed by atoms with E-state index in [0.29, 0.717) is 25.0 Å². The predicted octanol–water partition coefficient (Wildman–Crippen LogP) is 2.37. The highest BCUT2D eigenvalue weighted by Crippen LogP contribution is 2.40. The standard InChI is InChI=1S/C16H25NO4/c1-4-5-13(11-18-2)17-10-12-8-14(19-3)16-15(9-12)20-6-7-21-16/h8-9,13,17H,4-7,10-11H2,1-3H3. The largest absolute Gasteiger partial charge is 0.493 e. The summed E-state index contributed by atoms with van der Waals surface area (Å²) in [6, 6.07) is 4.37. The lowest BCUT2D eigenvalue weighted by atomic mass is 10.1. The third-order valence-electron chi connectivity index (χ3n) is 3.49. The van der Waals surface area contributed by atoms with Crippen LogP contribution in [0.3, 0.4) is 0 Å². The molecule has 0 aliphatic carbocycles. The van der Waals surface area contributed by atoms with E-state index in [4.69, 9.17) is 18.9 Å². The van der Waals surface area contributed by atoms with Gasteiger partial charge in [-0.15, -0.1) is 0 Å². The van der Waals surface area contributed by atoms with Gasteiger partial charge in [-0.25, -0.2) is 0 Å². The van der Waals surface area contributed by atoms with E-state index in [2.05, 4.69) is 12.2 Å². The van der Waals surface area contributed by atoms with Crippen LogP contribution in [0, 0.1) is 0 Å². The van der Waals surface area contributed by atoms with Gasteiger partial charge in [0.2, 0.25) is 5.75 Å². The van der Waals surface area contributed by atoms with E-state index in [1.54, 1.807) is 14.2 Å². The van der Waals surface area contributed by atoms with Crippen LogP contribution in [0.5, 0.6) is 17.2 Å². The van der Waals surface area contributed by atoms with E-state index in [0.717, 1.165) is 43.1 Å². The second-order valence-corrected chi connectivity index (χ2v) is 5.14. The number of benzene rings is 1.